The fourth-order valence-electron chi connectivity index (χ4n) is 1.06. The van der Waals surface area contributed by atoms with Crippen LogP contribution in [0.15, 0.2) is 0 Å². The Kier molecular flexibility index (Phi) is 3.32. The highest BCUT2D eigenvalue weighted by atomic mass is 16.7. The summed E-state index contributed by atoms with van der Waals surface area (Å²) >= 11 is 0. The first-order valence-electron chi connectivity index (χ1n) is 4.12. The molecule has 1 fully saturated rings. The van der Waals surface area contributed by atoms with Crippen LogP contribution in [0.25, 0.3) is 0 Å². The van der Waals surface area contributed by atoms with Gasteiger partial charge in [-0.3, -0.25) is 10.1 Å². The lowest BCUT2D eigenvalue weighted by Crippen LogP contribution is -2.10. The SMILES string of the molecule is O=C(CCCCC1O[C@H]1O)[N+](=O)[O-]. The van der Waals surface area contributed by atoms with Gasteiger partial charge in [0.2, 0.25) is 0 Å². The largest absolute Gasteiger partial charge is 0.444 e. The summed E-state index contributed by atoms with van der Waals surface area (Å²) in [5, 5.41) is 18.6. The summed E-state index contributed by atoms with van der Waals surface area (Å²) in [5.41, 5.74) is 0. The van der Waals surface area contributed by atoms with Crippen LogP contribution in [0.4, 0.5) is 0 Å². The molecule has 1 N–H and O–H groups in total. The average molecular weight is 189 g/mol. The second-order valence-electron chi connectivity index (χ2n) is 2.96. The Bertz CT molecular complexity index is 217. The van der Waals surface area contributed by atoms with E-state index in [1.54, 1.807) is 0 Å². The molecule has 1 amide bonds. The molecule has 0 aromatic carbocycles. The molecule has 1 aliphatic heterocycles. The molecule has 0 aromatic heterocycles. The molecule has 0 radical (unpaired) electrons. The van der Waals surface area contributed by atoms with Crippen molar-refractivity contribution in [3.63, 3.8) is 0 Å². The van der Waals surface area contributed by atoms with Crippen LogP contribution in [0, 0.1) is 10.1 Å². The fourth-order valence-corrected chi connectivity index (χ4v) is 1.06. The van der Waals surface area contributed by atoms with Crippen LogP contribution >= 0.6 is 0 Å². The van der Waals surface area contributed by atoms with Gasteiger partial charge in [-0.15, -0.1) is 0 Å². The number of aliphatic hydroxyl groups excluding tert-OH is 1. The van der Waals surface area contributed by atoms with Crippen molar-refractivity contribution in [1.29, 1.82) is 0 Å². The molecule has 2 atom stereocenters. The van der Waals surface area contributed by atoms with Crippen molar-refractivity contribution in [1.82, 2.24) is 0 Å². The van der Waals surface area contributed by atoms with Crippen LogP contribution < -0.4 is 0 Å². The number of hydrogen-bond acceptors (Lipinski definition) is 5. The van der Waals surface area contributed by atoms with Gasteiger partial charge in [-0.05, 0) is 19.3 Å². The molecule has 1 heterocycles. The van der Waals surface area contributed by atoms with Crippen molar-refractivity contribution >= 4 is 5.91 Å². The zero-order valence-electron chi connectivity index (χ0n) is 7.01. The normalized spacial score (nSPS) is 25.6. The van der Waals surface area contributed by atoms with Crippen LogP contribution in [0.5, 0.6) is 0 Å². The van der Waals surface area contributed by atoms with E-state index < -0.39 is 17.1 Å². The van der Waals surface area contributed by atoms with Crippen molar-refractivity contribution in [2.24, 2.45) is 0 Å². The number of nitrogens with zero attached hydrogens (tertiary/aromatic N) is 1. The molecule has 6 nitrogen and oxygen atoms in total. The van der Waals surface area contributed by atoms with E-state index in [2.05, 4.69) is 0 Å². The van der Waals surface area contributed by atoms with E-state index in [4.69, 9.17) is 9.84 Å². The third-order valence-corrected chi connectivity index (χ3v) is 1.89. The van der Waals surface area contributed by atoms with E-state index in [0.29, 0.717) is 19.3 Å². The molecule has 0 saturated carbocycles. The molecule has 74 valence electrons. The molecular weight excluding hydrogens is 178 g/mol. The zero-order valence-corrected chi connectivity index (χ0v) is 7.01. The molecule has 1 rings (SSSR count). The smallest absolute Gasteiger partial charge is 0.366 e. The molecule has 13 heavy (non-hydrogen) atoms. The molecular formula is C7H11NO5. The quantitative estimate of drug-likeness (QED) is 0.286. The number of epoxide rings is 1. The molecule has 0 aromatic rings. The highest BCUT2D eigenvalue weighted by molar-refractivity contribution is 5.66. The van der Waals surface area contributed by atoms with E-state index in [1.165, 1.54) is 0 Å². The van der Waals surface area contributed by atoms with Gasteiger partial charge >= 0.3 is 5.91 Å². The number of unbranched alkanes of at least 4 members (excludes halogenated alkanes) is 1. The van der Waals surface area contributed by atoms with Crippen LogP contribution in [0.3, 0.4) is 0 Å². The second kappa shape index (κ2) is 4.29. The summed E-state index contributed by atoms with van der Waals surface area (Å²) in [7, 11) is 0. The minimum atomic E-state index is -0.947. The van der Waals surface area contributed by atoms with Gasteiger partial charge in [0.15, 0.2) is 6.29 Å². The number of carbonyl (C=O) groups excluding carboxylic acids is 1. The lowest BCUT2D eigenvalue weighted by molar-refractivity contribution is -0.402. The first kappa shape index (κ1) is 10.1. The summed E-state index contributed by atoms with van der Waals surface area (Å²) in [4.78, 5) is 19.5. The van der Waals surface area contributed by atoms with Gasteiger partial charge in [0.25, 0.3) is 0 Å². The molecule has 0 bridgehead atoms. The van der Waals surface area contributed by atoms with Gasteiger partial charge in [0.05, 0.1) is 6.42 Å². The van der Waals surface area contributed by atoms with Crippen LogP contribution in [0.1, 0.15) is 25.7 Å². The Hall–Kier alpha value is -1.01. The van der Waals surface area contributed by atoms with Gasteiger partial charge in [-0.1, -0.05) is 0 Å². The highest BCUT2D eigenvalue weighted by Crippen LogP contribution is 2.24. The number of rotatable bonds is 5. The van der Waals surface area contributed by atoms with E-state index in [1.807, 2.05) is 0 Å². The van der Waals surface area contributed by atoms with E-state index in [0.717, 1.165) is 0 Å². The summed E-state index contributed by atoms with van der Waals surface area (Å²) in [5.74, 6) is -0.947. The molecule has 1 aliphatic rings. The Balaban J connectivity index is 1.95. The molecule has 1 unspecified atom stereocenters. The van der Waals surface area contributed by atoms with Crippen LogP contribution in [0.2, 0.25) is 0 Å². The van der Waals surface area contributed by atoms with Crippen molar-refractivity contribution in [2.45, 2.75) is 38.1 Å². The number of aliphatic hydroxyl groups is 1. The maximum Gasteiger partial charge on any atom is 0.444 e. The number of carbonyl (C=O) groups is 1. The minimum absolute atomic E-state index is 0.0319. The minimum Gasteiger partial charge on any atom is -0.366 e. The molecule has 6 heteroatoms. The summed E-state index contributed by atoms with van der Waals surface area (Å²) in [6.45, 7) is 0. The van der Waals surface area contributed by atoms with Crippen LogP contribution in [-0.2, 0) is 9.53 Å². The highest BCUT2D eigenvalue weighted by Gasteiger charge is 2.35. The first-order valence-corrected chi connectivity index (χ1v) is 4.12. The van der Waals surface area contributed by atoms with E-state index in [9.17, 15) is 14.9 Å². The van der Waals surface area contributed by atoms with Crippen molar-refractivity contribution < 1.29 is 19.6 Å². The number of nitro groups is 1. The Morgan fingerprint density at radius 3 is 2.62 bits per heavy atom. The predicted octanol–water partition coefficient (Wildman–Crippen LogP) is 0.0673. The van der Waals surface area contributed by atoms with Crippen molar-refractivity contribution in [3.05, 3.63) is 10.1 Å². The third kappa shape index (κ3) is 3.47. The Labute approximate surface area is 74.6 Å². The topological polar surface area (TPSA) is 93.0 Å². The monoisotopic (exact) mass is 189 g/mol. The molecule has 0 spiro atoms. The van der Waals surface area contributed by atoms with E-state index in [-0.39, 0.29) is 12.5 Å². The zero-order chi connectivity index (χ0) is 9.84. The number of amides is 1. The number of ether oxygens (including phenoxy) is 1. The first-order chi connectivity index (χ1) is 6.11. The van der Waals surface area contributed by atoms with Crippen molar-refractivity contribution in [3.8, 4) is 0 Å². The van der Waals surface area contributed by atoms with Gasteiger partial charge in [0, 0.05) is 0 Å². The Morgan fingerprint density at radius 1 is 1.54 bits per heavy atom. The van der Waals surface area contributed by atoms with Gasteiger partial charge < -0.3 is 9.84 Å². The van der Waals surface area contributed by atoms with Gasteiger partial charge in [-0.25, -0.2) is 4.79 Å². The lowest BCUT2D eigenvalue weighted by Gasteiger charge is -1.93. The lowest BCUT2D eigenvalue weighted by atomic mass is 10.1. The Morgan fingerprint density at radius 2 is 2.15 bits per heavy atom. The van der Waals surface area contributed by atoms with Gasteiger partial charge in [-0.2, -0.15) is 0 Å². The van der Waals surface area contributed by atoms with Gasteiger partial charge in [0.1, 0.15) is 11.0 Å². The standard InChI is InChI=1S/C7H11NO5/c9-6(8(11)12)4-2-1-3-5-7(10)13-5/h5,7,10H,1-4H2/t5?,7-/m1/s1. The van der Waals surface area contributed by atoms with Crippen LogP contribution in [-0.4, -0.2) is 28.3 Å². The summed E-state index contributed by atoms with van der Waals surface area (Å²) in [6, 6.07) is 0. The third-order valence-electron chi connectivity index (χ3n) is 1.89. The molecule has 1 saturated heterocycles. The maximum absolute atomic E-state index is 10.5. The molecule has 0 aliphatic carbocycles. The second-order valence-corrected chi connectivity index (χ2v) is 2.96. The van der Waals surface area contributed by atoms with E-state index >= 15 is 0 Å². The predicted molar refractivity (Wildman–Crippen MR) is 41.3 cm³/mol. The summed E-state index contributed by atoms with van der Waals surface area (Å²) < 4.78 is 4.71. The number of hydrogen-bond donors (Lipinski definition) is 1. The van der Waals surface area contributed by atoms with Crippen molar-refractivity contribution in [2.75, 3.05) is 0 Å². The summed E-state index contributed by atoms with van der Waals surface area (Å²) in [6.07, 6.45) is 0.993. The average Bonchev–Trinajstić information content (AvgIpc) is 2.75. The fraction of sp³-hybridized carbons (Fsp3) is 0.857. The maximum atomic E-state index is 10.5.